The van der Waals surface area contributed by atoms with Crippen LogP contribution in [-0.4, -0.2) is 48.6 Å². The number of ether oxygens (including phenoxy) is 2. The van der Waals surface area contributed by atoms with Crippen LogP contribution < -0.4 is 15.2 Å². The standard InChI is InChI=1S/C17H19N3O3S/c18-8-11-3-4-20(9-11)17(21)13-10-24-16(19-13)12-1-2-14-15(7-12)23-6-5-22-14/h1-2,7,10-11H,3-6,8-9,18H2. The Balaban J connectivity index is 1.53. The summed E-state index contributed by atoms with van der Waals surface area (Å²) >= 11 is 1.47. The molecule has 0 saturated carbocycles. The van der Waals surface area contributed by atoms with Crippen molar-refractivity contribution >= 4 is 17.2 Å². The number of thiazole rings is 1. The molecule has 1 aromatic carbocycles. The summed E-state index contributed by atoms with van der Waals surface area (Å²) in [5.74, 6) is 1.88. The van der Waals surface area contributed by atoms with Gasteiger partial charge in [0.25, 0.3) is 5.91 Å². The number of hydrogen-bond donors (Lipinski definition) is 1. The van der Waals surface area contributed by atoms with Crippen molar-refractivity contribution in [1.29, 1.82) is 0 Å². The molecule has 1 atom stereocenters. The van der Waals surface area contributed by atoms with Crippen LogP contribution in [0.3, 0.4) is 0 Å². The fraction of sp³-hybridized carbons (Fsp3) is 0.412. The molecule has 0 radical (unpaired) electrons. The number of nitrogens with zero attached hydrogens (tertiary/aromatic N) is 2. The van der Waals surface area contributed by atoms with Crippen LogP contribution in [0.2, 0.25) is 0 Å². The molecular weight excluding hydrogens is 326 g/mol. The molecule has 2 aliphatic rings. The van der Waals surface area contributed by atoms with E-state index in [2.05, 4.69) is 4.98 Å². The Morgan fingerprint density at radius 1 is 1.33 bits per heavy atom. The summed E-state index contributed by atoms with van der Waals surface area (Å²) in [5, 5.41) is 2.63. The first-order valence-corrected chi connectivity index (χ1v) is 8.97. The maximum Gasteiger partial charge on any atom is 0.273 e. The number of amides is 1. The van der Waals surface area contributed by atoms with Crippen molar-refractivity contribution in [1.82, 2.24) is 9.88 Å². The summed E-state index contributed by atoms with van der Waals surface area (Å²) in [6.45, 7) is 3.24. The quantitative estimate of drug-likeness (QED) is 0.921. The Bertz CT molecular complexity index is 761. The first-order valence-electron chi connectivity index (χ1n) is 8.09. The number of hydrogen-bond acceptors (Lipinski definition) is 6. The monoisotopic (exact) mass is 345 g/mol. The van der Waals surface area contributed by atoms with Gasteiger partial charge in [-0.3, -0.25) is 4.79 Å². The van der Waals surface area contributed by atoms with Crippen LogP contribution in [0, 0.1) is 5.92 Å². The zero-order valence-corrected chi connectivity index (χ0v) is 14.1. The molecular formula is C17H19N3O3S. The zero-order valence-electron chi connectivity index (χ0n) is 13.2. The lowest BCUT2D eigenvalue weighted by molar-refractivity contribution is 0.0783. The number of rotatable bonds is 3. The van der Waals surface area contributed by atoms with Gasteiger partial charge in [0, 0.05) is 24.0 Å². The van der Waals surface area contributed by atoms with Crippen molar-refractivity contribution in [3.8, 4) is 22.1 Å². The lowest BCUT2D eigenvalue weighted by Gasteiger charge is -2.18. The molecule has 1 aromatic heterocycles. The van der Waals surface area contributed by atoms with Crippen LogP contribution in [0.15, 0.2) is 23.6 Å². The lowest BCUT2D eigenvalue weighted by Crippen LogP contribution is -2.30. The minimum atomic E-state index is -0.00834. The minimum absolute atomic E-state index is 0.00834. The van der Waals surface area contributed by atoms with E-state index in [1.165, 1.54) is 11.3 Å². The Labute approximate surface area is 144 Å². The molecule has 4 rings (SSSR count). The van der Waals surface area contributed by atoms with Gasteiger partial charge in [-0.05, 0) is 37.1 Å². The summed E-state index contributed by atoms with van der Waals surface area (Å²) in [6.07, 6.45) is 0.974. The number of carbonyl (C=O) groups excluding carboxylic acids is 1. The molecule has 1 unspecified atom stereocenters. The summed E-state index contributed by atoms with van der Waals surface area (Å²) in [7, 11) is 0. The fourth-order valence-electron chi connectivity index (χ4n) is 3.05. The van der Waals surface area contributed by atoms with Crippen LogP contribution in [0.4, 0.5) is 0 Å². The maximum atomic E-state index is 12.6. The third-order valence-electron chi connectivity index (χ3n) is 4.42. The largest absolute Gasteiger partial charge is 0.486 e. The molecule has 7 heteroatoms. The smallest absolute Gasteiger partial charge is 0.273 e. The maximum absolute atomic E-state index is 12.6. The average molecular weight is 345 g/mol. The van der Waals surface area contributed by atoms with Gasteiger partial charge >= 0.3 is 0 Å². The number of nitrogens with two attached hydrogens (primary N) is 1. The van der Waals surface area contributed by atoms with Crippen LogP contribution in [0.5, 0.6) is 11.5 Å². The molecule has 3 heterocycles. The number of carbonyl (C=O) groups is 1. The molecule has 1 amide bonds. The van der Waals surface area contributed by atoms with Gasteiger partial charge in [-0.2, -0.15) is 0 Å². The van der Waals surface area contributed by atoms with Gasteiger partial charge in [0.1, 0.15) is 23.9 Å². The highest BCUT2D eigenvalue weighted by Gasteiger charge is 2.27. The second-order valence-electron chi connectivity index (χ2n) is 6.04. The van der Waals surface area contributed by atoms with E-state index in [0.717, 1.165) is 41.6 Å². The molecule has 0 spiro atoms. The number of likely N-dealkylation sites (tertiary alicyclic amines) is 1. The highest BCUT2D eigenvalue weighted by Crippen LogP contribution is 2.35. The highest BCUT2D eigenvalue weighted by molar-refractivity contribution is 7.13. The molecule has 1 fully saturated rings. The molecule has 1 saturated heterocycles. The Morgan fingerprint density at radius 3 is 2.96 bits per heavy atom. The Kier molecular flexibility index (Phi) is 4.12. The van der Waals surface area contributed by atoms with Crippen LogP contribution >= 0.6 is 11.3 Å². The van der Waals surface area contributed by atoms with Crippen molar-refractivity contribution in [2.24, 2.45) is 11.7 Å². The topological polar surface area (TPSA) is 77.7 Å². The first kappa shape index (κ1) is 15.4. The third-order valence-corrected chi connectivity index (χ3v) is 5.31. The predicted octanol–water partition coefficient (Wildman–Crippen LogP) is 2.00. The third kappa shape index (κ3) is 2.85. The van der Waals surface area contributed by atoms with Crippen molar-refractivity contribution in [2.75, 3.05) is 32.8 Å². The summed E-state index contributed by atoms with van der Waals surface area (Å²) in [6, 6.07) is 5.75. The van der Waals surface area contributed by atoms with E-state index in [-0.39, 0.29) is 5.91 Å². The fourth-order valence-corrected chi connectivity index (χ4v) is 3.84. The van der Waals surface area contributed by atoms with E-state index in [4.69, 9.17) is 15.2 Å². The van der Waals surface area contributed by atoms with E-state index >= 15 is 0 Å². The van der Waals surface area contributed by atoms with Crippen LogP contribution in [0.25, 0.3) is 10.6 Å². The highest BCUT2D eigenvalue weighted by atomic mass is 32.1. The van der Waals surface area contributed by atoms with E-state index in [9.17, 15) is 4.79 Å². The van der Waals surface area contributed by atoms with Gasteiger partial charge < -0.3 is 20.1 Å². The predicted molar refractivity (Wildman–Crippen MR) is 91.6 cm³/mol. The second-order valence-corrected chi connectivity index (χ2v) is 6.90. The van der Waals surface area contributed by atoms with E-state index in [1.54, 1.807) is 0 Å². The van der Waals surface area contributed by atoms with Crippen molar-refractivity contribution < 1.29 is 14.3 Å². The van der Waals surface area contributed by atoms with E-state index < -0.39 is 0 Å². The van der Waals surface area contributed by atoms with Crippen molar-refractivity contribution in [3.05, 3.63) is 29.3 Å². The van der Waals surface area contributed by atoms with Crippen LogP contribution in [-0.2, 0) is 0 Å². The summed E-state index contributed by atoms with van der Waals surface area (Å²) in [5.41, 5.74) is 7.13. The van der Waals surface area contributed by atoms with Gasteiger partial charge in [0.05, 0.1) is 0 Å². The lowest BCUT2D eigenvalue weighted by atomic mass is 10.1. The van der Waals surface area contributed by atoms with Crippen LogP contribution in [0.1, 0.15) is 16.9 Å². The van der Waals surface area contributed by atoms with Gasteiger partial charge in [-0.1, -0.05) is 0 Å². The van der Waals surface area contributed by atoms with Gasteiger partial charge in [0.2, 0.25) is 0 Å². The second kappa shape index (κ2) is 6.41. The number of benzene rings is 1. The average Bonchev–Trinajstić information content (AvgIpc) is 3.30. The molecule has 126 valence electrons. The molecule has 24 heavy (non-hydrogen) atoms. The van der Waals surface area contributed by atoms with E-state index in [0.29, 0.717) is 31.4 Å². The zero-order chi connectivity index (χ0) is 16.5. The van der Waals surface area contributed by atoms with Gasteiger partial charge in [-0.25, -0.2) is 4.98 Å². The molecule has 6 nitrogen and oxygen atoms in total. The molecule has 2 aromatic rings. The van der Waals surface area contributed by atoms with Gasteiger partial charge in [0.15, 0.2) is 11.5 Å². The molecule has 0 bridgehead atoms. The van der Waals surface area contributed by atoms with Crippen molar-refractivity contribution in [2.45, 2.75) is 6.42 Å². The number of fused-ring (bicyclic) bond motifs is 1. The van der Waals surface area contributed by atoms with Crippen molar-refractivity contribution in [3.63, 3.8) is 0 Å². The first-order chi connectivity index (χ1) is 11.7. The molecule has 0 aliphatic carbocycles. The molecule has 2 N–H and O–H groups in total. The minimum Gasteiger partial charge on any atom is -0.486 e. The van der Waals surface area contributed by atoms with Gasteiger partial charge in [-0.15, -0.1) is 11.3 Å². The van der Waals surface area contributed by atoms with E-state index in [1.807, 2.05) is 28.5 Å². The summed E-state index contributed by atoms with van der Waals surface area (Å²) in [4.78, 5) is 18.9. The summed E-state index contributed by atoms with van der Waals surface area (Å²) < 4.78 is 11.1. The molecule has 2 aliphatic heterocycles. The Hall–Kier alpha value is -2.12. The Morgan fingerprint density at radius 2 is 2.17 bits per heavy atom. The normalized spacial score (nSPS) is 19.5. The number of aromatic nitrogens is 1. The SMILES string of the molecule is NCC1CCN(C(=O)c2csc(-c3ccc4c(c3)OCCO4)n2)C1.